The first-order valence-electron chi connectivity index (χ1n) is 13.1. The fourth-order valence-corrected chi connectivity index (χ4v) is 5.39. The van der Waals surface area contributed by atoms with E-state index in [0.29, 0.717) is 49.0 Å². The Morgan fingerprint density at radius 3 is 2.47 bits per heavy atom. The van der Waals surface area contributed by atoms with Gasteiger partial charge in [-0.05, 0) is 61.0 Å². The molecule has 2 atom stereocenters. The number of anilines is 3. The molecule has 0 radical (unpaired) electrons. The van der Waals surface area contributed by atoms with Gasteiger partial charge in [0.05, 0.1) is 29.2 Å². The summed E-state index contributed by atoms with van der Waals surface area (Å²) >= 11 is 0. The van der Waals surface area contributed by atoms with Gasteiger partial charge >= 0.3 is 12.1 Å². The maximum atomic E-state index is 13.3. The third-order valence-corrected chi connectivity index (χ3v) is 6.96. The average molecular weight is 521 g/mol. The molecule has 0 spiro atoms. The standard InChI is InChI=1S/C27H36N8O3/c1-16-12-33-15-21(19(4)30-24(33)29-16)31-25(36)34-11-9-20-22(8-10-28-23(20)34)32-13-17(2)35(18(3)14-32)26(37)38-27(5,6)7/h8,10,12,15,17-18H,9,11,13-14H2,1-7H3,(H,31,36)/t17-,18+. The fourth-order valence-electron chi connectivity index (χ4n) is 5.39. The highest BCUT2D eigenvalue weighted by molar-refractivity contribution is 6.03. The van der Waals surface area contributed by atoms with Crippen molar-refractivity contribution >= 4 is 35.1 Å². The van der Waals surface area contributed by atoms with E-state index in [4.69, 9.17) is 4.74 Å². The smallest absolute Gasteiger partial charge is 0.410 e. The summed E-state index contributed by atoms with van der Waals surface area (Å²) in [5, 5.41) is 3.01. The monoisotopic (exact) mass is 520 g/mol. The van der Waals surface area contributed by atoms with Crippen LogP contribution in [0.25, 0.3) is 5.78 Å². The Balaban J connectivity index is 1.33. The Bertz CT molecular complexity index is 1380. The number of carbonyl (C=O) groups excluding carboxylic acids is 2. The van der Waals surface area contributed by atoms with Crippen LogP contribution in [-0.4, -0.2) is 73.7 Å². The fraction of sp³-hybridized carbons (Fsp3) is 0.519. The largest absolute Gasteiger partial charge is 0.444 e. The second kappa shape index (κ2) is 9.45. The number of nitrogens with zero attached hydrogens (tertiary/aromatic N) is 7. The summed E-state index contributed by atoms with van der Waals surface area (Å²) in [6, 6.07) is 1.70. The molecular formula is C27H36N8O3. The molecule has 11 nitrogen and oxygen atoms in total. The molecule has 1 N–H and O–H groups in total. The van der Waals surface area contributed by atoms with Crippen LogP contribution in [0.4, 0.5) is 26.8 Å². The van der Waals surface area contributed by atoms with Crippen LogP contribution in [-0.2, 0) is 11.2 Å². The number of carbonyl (C=O) groups is 2. The number of urea groups is 1. The van der Waals surface area contributed by atoms with Gasteiger partial charge in [0, 0.05) is 49.5 Å². The second-order valence-electron chi connectivity index (χ2n) is 11.3. The predicted octanol–water partition coefficient (Wildman–Crippen LogP) is 4.17. The van der Waals surface area contributed by atoms with Crippen molar-refractivity contribution in [1.29, 1.82) is 0 Å². The molecule has 5 heterocycles. The second-order valence-corrected chi connectivity index (χ2v) is 11.3. The maximum Gasteiger partial charge on any atom is 0.410 e. The van der Waals surface area contributed by atoms with Gasteiger partial charge in [-0.1, -0.05) is 0 Å². The first kappa shape index (κ1) is 25.7. The van der Waals surface area contributed by atoms with Crippen molar-refractivity contribution in [1.82, 2.24) is 24.3 Å². The van der Waals surface area contributed by atoms with Crippen LogP contribution in [0, 0.1) is 13.8 Å². The lowest BCUT2D eigenvalue weighted by atomic mass is 10.1. The lowest BCUT2D eigenvalue weighted by molar-refractivity contribution is 0.00565. The number of aryl methyl sites for hydroxylation is 2. The molecule has 0 bridgehead atoms. The van der Waals surface area contributed by atoms with Crippen LogP contribution in [0.5, 0.6) is 0 Å². The lowest BCUT2D eigenvalue weighted by Crippen LogP contribution is -2.59. The molecule has 1 saturated heterocycles. The molecule has 38 heavy (non-hydrogen) atoms. The van der Waals surface area contributed by atoms with Gasteiger partial charge in [-0.15, -0.1) is 0 Å². The van der Waals surface area contributed by atoms with E-state index in [1.54, 1.807) is 11.1 Å². The molecule has 3 amide bonds. The van der Waals surface area contributed by atoms with Crippen molar-refractivity contribution < 1.29 is 14.3 Å². The minimum atomic E-state index is -0.540. The number of ether oxygens (including phenoxy) is 1. The Morgan fingerprint density at radius 2 is 1.79 bits per heavy atom. The molecular weight excluding hydrogens is 484 g/mol. The maximum absolute atomic E-state index is 13.3. The summed E-state index contributed by atoms with van der Waals surface area (Å²) in [6.45, 7) is 15.4. The first-order valence-corrected chi connectivity index (χ1v) is 13.1. The summed E-state index contributed by atoms with van der Waals surface area (Å²) in [5.74, 6) is 1.27. The number of hydrogen-bond donors (Lipinski definition) is 1. The molecule has 0 aliphatic carbocycles. The highest BCUT2D eigenvalue weighted by atomic mass is 16.6. The number of rotatable bonds is 2. The normalized spacial score (nSPS) is 19.6. The zero-order valence-corrected chi connectivity index (χ0v) is 23.1. The Hall–Kier alpha value is -3.89. The number of imidazole rings is 1. The third-order valence-electron chi connectivity index (χ3n) is 6.96. The zero-order chi connectivity index (χ0) is 27.4. The van der Waals surface area contributed by atoms with Crippen molar-refractivity contribution in [3.05, 3.63) is 41.6 Å². The molecule has 202 valence electrons. The molecule has 2 aliphatic heterocycles. The van der Waals surface area contributed by atoms with Gasteiger partial charge in [-0.25, -0.2) is 24.5 Å². The van der Waals surface area contributed by atoms with Gasteiger partial charge in [-0.3, -0.25) is 14.2 Å². The average Bonchev–Trinajstić information content (AvgIpc) is 3.39. The number of fused-ring (bicyclic) bond motifs is 2. The minimum absolute atomic E-state index is 0.0320. The summed E-state index contributed by atoms with van der Waals surface area (Å²) in [5.41, 5.74) is 3.75. The van der Waals surface area contributed by atoms with E-state index in [9.17, 15) is 9.59 Å². The number of amides is 3. The highest BCUT2D eigenvalue weighted by Gasteiger charge is 2.37. The highest BCUT2D eigenvalue weighted by Crippen LogP contribution is 2.36. The van der Waals surface area contributed by atoms with E-state index in [1.165, 1.54) is 0 Å². The van der Waals surface area contributed by atoms with Gasteiger partial charge in [0.1, 0.15) is 11.4 Å². The molecule has 0 unspecified atom stereocenters. The lowest BCUT2D eigenvalue weighted by Gasteiger charge is -2.45. The number of piperazine rings is 1. The zero-order valence-electron chi connectivity index (χ0n) is 23.1. The van der Waals surface area contributed by atoms with E-state index in [2.05, 4.69) is 25.2 Å². The molecule has 0 saturated carbocycles. The van der Waals surface area contributed by atoms with Crippen molar-refractivity contribution in [2.75, 3.05) is 34.8 Å². The van der Waals surface area contributed by atoms with Crippen LogP contribution in [0.1, 0.15) is 51.6 Å². The van der Waals surface area contributed by atoms with E-state index < -0.39 is 5.60 Å². The molecule has 5 rings (SSSR count). The van der Waals surface area contributed by atoms with Crippen LogP contribution in [0.15, 0.2) is 24.7 Å². The SMILES string of the molecule is Cc1cn2cc(NC(=O)N3CCc4c(N5C[C@@H](C)N(C(=O)OC(C)(C)C)[C@@H](C)C5)ccnc43)c(C)nc2n1. The number of aromatic nitrogens is 4. The predicted molar refractivity (Wildman–Crippen MR) is 146 cm³/mol. The van der Waals surface area contributed by atoms with E-state index >= 15 is 0 Å². The summed E-state index contributed by atoms with van der Waals surface area (Å²) < 4.78 is 7.46. The van der Waals surface area contributed by atoms with Gasteiger partial charge in [-0.2, -0.15) is 0 Å². The van der Waals surface area contributed by atoms with Crippen molar-refractivity contribution in [3.63, 3.8) is 0 Å². The van der Waals surface area contributed by atoms with Crippen molar-refractivity contribution in [2.24, 2.45) is 0 Å². The quantitative estimate of drug-likeness (QED) is 0.540. The topological polar surface area (TPSA) is 108 Å². The van der Waals surface area contributed by atoms with E-state index in [0.717, 1.165) is 16.9 Å². The molecule has 1 fully saturated rings. The number of nitrogens with one attached hydrogen (secondary N) is 1. The van der Waals surface area contributed by atoms with Gasteiger partial charge in [0.15, 0.2) is 0 Å². The van der Waals surface area contributed by atoms with Gasteiger partial charge in [0.25, 0.3) is 0 Å². The van der Waals surface area contributed by atoms with Crippen LogP contribution >= 0.6 is 0 Å². The number of hydrogen-bond acceptors (Lipinski definition) is 7. The Morgan fingerprint density at radius 1 is 1.08 bits per heavy atom. The van der Waals surface area contributed by atoms with Crippen LogP contribution in [0.3, 0.4) is 0 Å². The summed E-state index contributed by atoms with van der Waals surface area (Å²) in [7, 11) is 0. The van der Waals surface area contributed by atoms with Crippen molar-refractivity contribution in [3.8, 4) is 0 Å². The van der Waals surface area contributed by atoms with Crippen LogP contribution < -0.4 is 15.1 Å². The minimum Gasteiger partial charge on any atom is -0.444 e. The van der Waals surface area contributed by atoms with E-state index in [-0.39, 0.29) is 24.2 Å². The molecule has 3 aromatic heterocycles. The molecule has 3 aromatic rings. The van der Waals surface area contributed by atoms with Gasteiger partial charge in [0.2, 0.25) is 5.78 Å². The molecule has 11 heteroatoms. The van der Waals surface area contributed by atoms with Crippen LogP contribution in [0.2, 0.25) is 0 Å². The number of pyridine rings is 1. The van der Waals surface area contributed by atoms with Crippen molar-refractivity contribution in [2.45, 2.75) is 72.6 Å². The summed E-state index contributed by atoms with van der Waals surface area (Å²) in [6.07, 6.45) is 5.89. The Kier molecular flexibility index (Phi) is 6.40. The molecule has 0 aromatic carbocycles. The molecule has 2 aliphatic rings. The van der Waals surface area contributed by atoms with Gasteiger partial charge < -0.3 is 15.0 Å². The first-order chi connectivity index (χ1) is 17.9. The van der Waals surface area contributed by atoms with E-state index in [1.807, 2.05) is 76.2 Å². The summed E-state index contributed by atoms with van der Waals surface area (Å²) in [4.78, 5) is 45.5. The Labute approximate surface area is 222 Å². The third kappa shape index (κ3) is 4.84.